The number of aromatic amines is 1. The van der Waals surface area contributed by atoms with Gasteiger partial charge in [-0.2, -0.15) is 0 Å². The smallest absolute Gasteiger partial charge is 0.255 e. The second kappa shape index (κ2) is 4.62. The van der Waals surface area contributed by atoms with Crippen molar-refractivity contribution in [2.75, 3.05) is 7.05 Å². The van der Waals surface area contributed by atoms with Crippen LogP contribution in [0.2, 0.25) is 0 Å². The summed E-state index contributed by atoms with van der Waals surface area (Å²) in [6, 6.07) is 8.04. The molecule has 1 heterocycles. The number of nitrogens with zero attached hydrogens (tertiary/aromatic N) is 1. The van der Waals surface area contributed by atoms with Gasteiger partial charge in [-0.1, -0.05) is 19.1 Å². The summed E-state index contributed by atoms with van der Waals surface area (Å²) in [5.41, 5.74) is 1.67. The highest BCUT2D eigenvalue weighted by Gasteiger charge is 2.18. The van der Waals surface area contributed by atoms with E-state index in [2.05, 4.69) is 18.8 Å². The van der Waals surface area contributed by atoms with Crippen LogP contribution in [0.5, 0.6) is 0 Å². The molecule has 1 aromatic heterocycles. The minimum absolute atomic E-state index is 0.0763. The standard InChI is InChI=1S/C14H18N2O/c1-4-10(2)16(3)14(17)12-7-5-6-11-8-9-15-13(11)12/h5-10,15H,4H2,1-3H3. The van der Waals surface area contributed by atoms with Crippen LogP contribution in [-0.2, 0) is 0 Å². The van der Waals surface area contributed by atoms with Gasteiger partial charge in [0, 0.05) is 24.7 Å². The Morgan fingerprint density at radius 3 is 2.88 bits per heavy atom. The lowest BCUT2D eigenvalue weighted by Crippen LogP contribution is -2.34. The summed E-state index contributed by atoms with van der Waals surface area (Å²) in [6.07, 6.45) is 2.83. The van der Waals surface area contributed by atoms with Gasteiger partial charge in [0.15, 0.2) is 0 Å². The second-order valence-corrected chi connectivity index (χ2v) is 4.42. The van der Waals surface area contributed by atoms with E-state index in [1.807, 2.05) is 37.5 Å². The fourth-order valence-electron chi connectivity index (χ4n) is 1.93. The fraction of sp³-hybridized carbons (Fsp3) is 0.357. The van der Waals surface area contributed by atoms with Crippen LogP contribution in [0.3, 0.4) is 0 Å². The quantitative estimate of drug-likeness (QED) is 0.864. The first-order valence-corrected chi connectivity index (χ1v) is 5.98. The molecule has 2 rings (SSSR count). The summed E-state index contributed by atoms with van der Waals surface area (Å²) in [5.74, 6) is 0.0763. The van der Waals surface area contributed by atoms with Gasteiger partial charge in [0.2, 0.25) is 0 Å². The van der Waals surface area contributed by atoms with Crippen molar-refractivity contribution < 1.29 is 4.79 Å². The molecule has 1 unspecified atom stereocenters. The van der Waals surface area contributed by atoms with Crippen molar-refractivity contribution in [3.8, 4) is 0 Å². The number of benzene rings is 1. The molecule has 0 aliphatic heterocycles. The largest absolute Gasteiger partial charge is 0.361 e. The molecule has 17 heavy (non-hydrogen) atoms. The molecule has 0 saturated heterocycles. The molecule has 3 nitrogen and oxygen atoms in total. The number of hydrogen-bond donors (Lipinski definition) is 1. The van der Waals surface area contributed by atoms with Crippen molar-refractivity contribution in [3.63, 3.8) is 0 Å². The van der Waals surface area contributed by atoms with Crippen molar-refractivity contribution in [1.82, 2.24) is 9.88 Å². The van der Waals surface area contributed by atoms with Gasteiger partial charge in [0.05, 0.1) is 11.1 Å². The molecule has 0 aliphatic carbocycles. The second-order valence-electron chi connectivity index (χ2n) is 4.42. The number of carbonyl (C=O) groups is 1. The zero-order valence-corrected chi connectivity index (χ0v) is 10.5. The van der Waals surface area contributed by atoms with Crippen LogP contribution >= 0.6 is 0 Å². The predicted molar refractivity (Wildman–Crippen MR) is 70.1 cm³/mol. The van der Waals surface area contributed by atoms with E-state index in [9.17, 15) is 4.79 Å². The van der Waals surface area contributed by atoms with E-state index in [0.717, 1.165) is 22.9 Å². The highest BCUT2D eigenvalue weighted by atomic mass is 16.2. The summed E-state index contributed by atoms with van der Waals surface area (Å²) in [6.45, 7) is 4.15. The molecular weight excluding hydrogens is 212 g/mol. The van der Waals surface area contributed by atoms with Gasteiger partial charge in [0.25, 0.3) is 5.91 Å². The van der Waals surface area contributed by atoms with Gasteiger partial charge in [0.1, 0.15) is 0 Å². The van der Waals surface area contributed by atoms with Crippen molar-refractivity contribution in [1.29, 1.82) is 0 Å². The average Bonchev–Trinajstić information content (AvgIpc) is 2.83. The first-order chi connectivity index (χ1) is 8.15. The predicted octanol–water partition coefficient (Wildman–Crippen LogP) is 3.04. The van der Waals surface area contributed by atoms with Crippen LogP contribution in [0.25, 0.3) is 10.9 Å². The Morgan fingerprint density at radius 2 is 2.18 bits per heavy atom. The maximum Gasteiger partial charge on any atom is 0.255 e. The number of aromatic nitrogens is 1. The number of H-pyrrole nitrogens is 1. The van der Waals surface area contributed by atoms with Crippen LogP contribution in [-0.4, -0.2) is 28.9 Å². The number of amides is 1. The lowest BCUT2D eigenvalue weighted by atomic mass is 10.1. The van der Waals surface area contributed by atoms with Gasteiger partial charge in [-0.3, -0.25) is 4.79 Å². The molecule has 0 aliphatic rings. The molecule has 1 aromatic carbocycles. The van der Waals surface area contributed by atoms with Gasteiger partial charge < -0.3 is 9.88 Å². The minimum atomic E-state index is 0.0763. The third-order valence-corrected chi connectivity index (χ3v) is 3.39. The lowest BCUT2D eigenvalue weighted by molar-refractivity contribution is 0.0742. The van der Waals surface area contributed by atoms with E-state index in [-0.39, 0.29) is 11.9 Å². The van der Waals surface area contributed by atoms with Gasteiger partial charge in [-0.05, 0) is 25.5 Å². The third-order valence-electron chi connectivity index (χ3n) is 3.39. The van der Waals surface area contributed by atoms with E-state index >= 15 is 0 Å². The van der Waals surface area contributed by atoms with E-state index in [1.54, 1.807) is 4.90 Å². The molecule has 0 bridgehead atoms. The first kappa shape index (κ1) is 11.7. The van der Waals surface area contributed by atoms with Crippen LogP contribution in [0, 0.1) is 0 Å². The van der Waals surface area contributed by atoms with Crippen LogP contribution in [0.15, 0.2) is 30.5 Å². The molecule has 1 atom stereocenters. The Labute approximate surface area is 101 Å². The molecule has 1 amide bonds. The number of carbonyl (C=O) groups excluding carboxylic acids is 1. The van der Waals surface area contributed by atoms with Gasteiger partial charge >= 0.3 is 0 Å². The summed E-state index contributed by atoms with van der Waals surface area (Å²) < 4.78 is 0. The molecule has 1 N–H and O–H groups in total. The molecule has 2 aromatic rings. The number of para-hydroxylation sites is 1. The van der Waals surface area contributed by atoms with Crippen LogP contribution in [0.4, 0.5) is 0 Å². The maximum absolute atomic E-state index is 12.4. The maximum atomic E-state index is 12.4. The minimum Gasteiger partial charge on any atom is -0.361 e. The number of nitrogens with one attached hydrogen (secondary N) is 1. The van der Waals surface area contributed by atoms with Crippen LogP contribution in [0.1, 0.15) is 30.6 Å². The molecular formula is C14H18N2O. The van der Waals surface area contributed by atoms with E-state index < -0.39 is 0 Å². The number of rotatable bonds is 3. The summed E-state index contributed by atoms with van der Waals surface area (Å²) in [7, 11) is 1.86. The normalized spacial score (nSPS) is 12.6. The Bertz CT molecular complexity index is 530. The number of hydrogen-bond acceptors (Lipinski definition) is 1. The van der Waals surface area contributed by atoms with Crippen molar-refractivity contribution in [2.45, 2.75) is 26.3 Å². The summed E-state index contributed by atoms with van der Waals surface area (Å²) in [5, 5.41) is 1.08. The molecule has 0 spiro atoms. The molecule has 3 heteroatoms. The average molecular weight is 230 g/mol. The Kier molecular flexibility index (Phi) is 3.18. The Balaban J connectivity index is 2.39. The molecule has 90 valence electrons. The van der Waals surface area contributed by atoms with Gasteiger partial charge in [-0.25, -0.2) is 0 Å². The fourth-order valence-corrected chi connectivity index (χ4v) is 1.93. The van der Waals surface area contributed by atoms with E-state index in [1.165, 1.54) is 0 Å². The van der Waals surface area contributed by atoms with Gasteiger partial charge in [-0.15, -0.1) is 0 Å². The molecule has 0 fully saturated rings. The lowest BCUT2D eigenvalue weighted by Gasteiger charge is -2.24. The van der Waals surface area contributed by atoms with Crippen LogP contribution < -0.4 is 0 Å². The number of fused-ring (bicyclic) bond motifs is 1. The summed E-state index contributed by atoms with van der Waals surface area (Å²) in [4.78, 5) is 17.3. The highest BCUT2D eigenvalue weighted by Crippen LogP contribution is 2.19. The highest BCUT2D eigenvalue weighted by molar-refractivity contribution is 6.05. The Morgan fingerprint density at radius 1 is 1.41 bits per heavy atom. The van der Waals surface area contributed by atoms with Crippen molar-refractivity contribution in [3.05, 3.63) is 36.0 Å². The topological polar surface area (TPSA) is 36.1 Å². The molecule has 0 saturated carbocycles. The van der Waals surface area contributed by atoms with Crippen molar-refractivity contribution >= 4 is 16.8 Å². The van der Waals surface area contributed by atoms with E-state index in [0.29, 0.717) is 0 Å². The third kappa shape index (κ3) is 2.05. The zero-order valence-electron chi connectivity index (χ0n) is 10.5. The first-order valence-electron chi connectivity index (χ1n) is 5.98. The summed E-state index contributed by atoms with van der Waals surface area (Å²) >= 11 is 0. The zero-order chi connectivity index (χ0) is 12.4. The Hall–Kier alpha value is -1.77. The SMILES string of the molecule is CCC(C)N(C)C(=O)c1cccc2cc[nH]c12. The van der Waals surface area contributed by atoms with E-state index in [4.69, 9.17) is 0 Å². The van der Waals surface area contributed by atoms with Crippen molar-refractivity contribution in [2.24, 2.45) is 0 Å². The molecule has 0 radical (unpaired) electrons. The monoisotopic (exact) mass is 230 g/mol.